The van der Waals surface area contributed by atoms with Crippen molar-refractivity contribution >= 4 is 10.2 Å². The molecule has 1 aliphatic heterocycles. The Hall–Kier alpha value is -0.170. The molecule has 0 aromatic carbocycles. The highest BCUT2D eigenvalue weighted by atomic mass is 32.2. The number of nitrogens with zero attached hydrogens (tertiary/aromatic N) is 2. The molecule has 1 unspecified atom stereocenters. The van der Waals surface area contributed by atoms with Gasteiger partial charge in [0, 0.05) is 32.2 Å². The molecule has 0 radical (unpaired) electrons. The van der Waals surface area contributed by atoms with Gasteiger partial charge in [-0.2, -0.15) is 17.0 Å². The van der Waals surface area contributed by atoms with Crippen LogP contribution >= 0.6 is 0 Å². The Labute approximate surface area is 131 Å². The molecule has 0 aliphatic carbocycles. The summed E-state index contributed by atoms with van der Waals surface area (Å²) in [5, 5.41) is 3.14. The first-order valence-corrected chi connectivity index (χ1v) is 9.60. The van der Waals surface area contributed by atoms with Crippen LogP contribution in [0.25, 0.3) is 0 Å². The van der Waals surface area contributed by atoms with Crippen molar-refractivity contribution in [3.8, 4) is 0 Å². The Bertz CT molecular complexity index is 384. The molecule has 1 rings (SSSR count). The minimum Gasteiger partial charge on any atom is -0.318 e. The van der Waals surface area contributed by atoms with Gasteiger partial charge in [-0.1, -0.05) is 34.1 Å². The van der Waals surface area contributed by atoms with Gasteiger partial charge in [-0.15, -0.1) is 0 Å². The van der Waals surface area contributed by atoms with E-state index in [4.69, 9.17) is 0 Å². The number of piperidine rings is 1. The third-order valence-corrected chi connectivity index (χ3v) is 5.80. The molecule has 1 fully saturated rings. The maximum atomic E-state index is 13.1. The molecule has 0 aromatic heterocycles. The third kappa shape index (κ3) is 5.51. The summed E-state index contributed by atoms with van der Waals surface area (Å²) in [4.78, 5) is 0. The summed E-state index contributed by atoms with van der Waals surface area (Å²) < 4.78 is 29.6. The molecule has 1 aliphatic rings. The van der Waals surface area contributed by atoms with Crippen molar-refractivity contribution in [1.29, 1.82) is 0 Å². The number of nitrogens with one attached hydrogen (secondary N) is 1. The third-order valence-electron chi connectivity index (χ3n) is 3.77. The molecule has 0 spiro atoms. The second kappa shape index (κ2) is 8.46. The molecule has 21 heavy (non-hydrogen) atoms. The van der Waals surface area contributed by atoms with Crippen molar-refractivity contribution in [3.63, 3.8) is 0 Å². The van der Waals surface area contributed by atoms with Crippen molar-refractivity contribution in [2.75, 3.05) is 33.2 Å². The standard InChI is InChI=1S/C15H33N3O2S/c1-13(2)11-17(12-14(3)4)21(19,20)18-9-7-6-8-15(18)10-16-5/h13-16H,6-12H2,1-5H3. The first-order valence-electron chi connectivity index (χ1n) is 8.20. The lowest BCUT2D eigenvalue weighted by Crippen LogP contribution is -2.54. The molecule has 6 heteroatoms. The summed E-state index contributed by atoms with van der Waals surface area (Å²) >= 11 is 0. The van der Waals surface area contributed by atoms with Crippen molar-refractivity contribution < 1.29 is 8.42 Å². The number of rotatable bonds is 8. The Morgan fingerprint density at radius 1 is 1.14 bits per heavy atom. The molecule has 1 atom stereocenters. The van der Waals surface area contributed by atoms with E-state index in [1.165, 1.54) is 0 Å². The first kappa shape index (κ1) is 18.9. The van der Waals surface area contributed by atoms with Crippen molar-refractivity contribution in [3.05, 3.63) is 0 Å². The zero-order valence-corrected chi connectivity index (χ0v) is 15.1. The second-order valence-electron chi connectivity index (χ2n) is 6.93. The maximum absolute atomic E-state index is 13.1. The van der Waals surface area contributed by atoms with E-state index in [1.807, 2.05) is 7.05 Å². The lowest BCUT2D eigenvalue weighted by atomic mass is 10.1. The van der Waals surface area contributed by atoms with Crippen LogP contribution in [0.15, 0.2) is 0 Å². The van der Waals surface area contributed by atoms with E-state index >= 15 is 0 Å². The lowest BCUT2D eigenvalue weighted by molar-refractivity contribution is 0.219. The zero-order valence-electron chi connectivity index (χ0n) is 14.3. The normalized spacial score (nSPS) is 21.6. The fraction of sp³-hybridized carbons (Fsp3) is 1.00. The van der Waals surface area contributed by atoms with Crippen molar-refractivity contribution in [2.24, 2.45) is 11.8 Å². The van der Waals surface area contributed by atoms with E-state index in [9.17, 15) is 8.42 Å². The summed E-state index contributed by atoms with van der Waals surface area (Å²) in [7, 11) is -1.47. The molecule has 0 amide bonds. The largest absolute Gasteiger partial charge is 0.318 e. The van der Waals surface area contributed by atoms with Gasteiger partial charge in [0.05, 0.1) is 0 Å². The van der Waals surface area contributed by atoms with Gasteiger partial charge in [-0.05, 0) is 31.7 Å². The van der Waals surface area contributed by atoms with Crippen LogP contribution in [0.1, 0.15) is 47.0 Å². The van der Waals surface area contributed by atoms with Crippen LogP contribution in [0, 0.1) is 11.8 Å². The number of hydrogen-bond acceptors (Lipinski definition) is 3. The summed E-state index contributed by atoms with van der Waals surface area (Å²) in [6.45, 7) is 10.9. The van der Waals surface area contributed by atoms with Gasteiger partial charge >= 0.3 is 0 Å². The van der Waals surface area contributed by atoms with Crippen LogP contribution in [0.5, 0.6) is 0 Å². The average molecular weight is 320 g/mol. The minimum absolute atomic E-state index is 0.0931. The second-order valence-corrected chi connectivity index (χ2v) is 8.81. The lowest BCUT2D eigenvalue weighted by Gasteiger charge is -2.39. The number of hydrogen-bond donors (Lipinski definition) is 1. The van der Waals surface area contributed by atoms with Crippen molar-refractivity contribution in [1.82, 2.24) is 13.9 Å². The predicted octanol–water partition coefficient (Wildman–Crippen LogP) is 1.92. The molecule has 5 nitrogen and oxygen atoms in total. The zero-order chi connectivity index (χ0) is 16.0. The van der Waals surface area contributed by atoms with Crippen molar-refractivity contribution in [2.45, 2.75) is 53.0 Å². The SMILES string of the molecule is CNCC1CCCCN1S(=O)(=O)N(CC(C)C)CC(C)C. The van der Waals surface area contributed by atoms with E-state index in [-0.39, 0.29) is 6.04 Å². The summed E-state index contributed by atoms with van der Waals surface area (Å²) in [6.07, 6.45) is 3.04. The highest BCUT2D eigenvalue weighted by Crippen LogP contribution is 2.23. The highest BCUT2D eigenvalue weighted by molar-refractivity contribution is 7.86. The molecule has 0 bridgehead atoms. The maximum Gasteiger partial charge on any atom is 0.282 e. The fourth-order valence-corrected chi connectivity index (χ4v) is 5.13. The Balaban J connectivity index is 2.95. The summed E-state index contributed by atoms with van der Waals surface area (Å²) in [6, 6.07) is 0.0931. The molecule has 0 aromatic rings. The van der Waals surface area contributed by atoms with Gasteiger partial charge in [0.2, 0.25) is 0 Å². The topological polar surface area (TPSA) is 52.7 Å². The molecular formula is C15H33N3O2S. The van der Waals surface area contributed by atoms with Crippen LogP contribution in [0.4, 0.5) is 0 Å². The van der Waals surface area contributed by atoms with Gasteiger partial charge in [-0.25, -0.2) is 0 Å². The molecule has 1 N–H and O–H groups in total. The summed E-state index contributed by atoms with van der Waals surface area (Å²) in [5.74, 6) is 0.678. The molecule has 126 valence electrons. The van der Waals surface area contributed by atoms with E-state index in [1.54, 1.807) is 8.61 Å². The van der Waals surface area contributed by atoms with Gasteiger partial charge in [-0.3, -0.25) is 0 Å². The highest BCUT2D eigenvalue weighted by Gasteiger charge is 2.36. The van der Waals surface area contributed by atoms with Crippen LogP contribution in [0.3, 0.4) is 0 Å². The Morgan fingerprint density at radius 3 is 2.19 bits per heavy atom. The first-order chi connectivity index (χ1) is 9.78. The van der Waals surface area contributed by atoms with Crippen LogP contribution in [0.2, 0.25) is 0 Å². The molecule has 1 heterocycles. The van der Waals surface area contributed by atoms with Gasteiger partial charge < -0.3 is 5.32 Å². The van der Waals surface area contributed by atoms with E-state index in [0.717, 1.165) is 25.8 Å². The van der Waals surface area contributed by atoms with Crippen LogP contribution < -0.4 is 5.32 Å². The molecular weight excluding hydrogens is 286 g/mol. The average Bonchev–Trinajstić information content (AvgIpc) is 2.37. The number of likely N-dealkylation sites (N-methyl/N-ethyl adjacent to an activating group) is 1. The Kier molecular flexibility index (Phi) is 7.60. The van der Waals surface area contributed by atoms with Gasteiger partial charge in [0.15, 0.2) is 0 Å². The molecule has 1 saturated heterocycles. The van der Waals surface area contributed by atoms with Gasteiger partial charge in [0.1, 0.15) is 0 Å². The van der Waals surface area contributed by atoms with Gasteiger partial charge in [0.25, 0.3) is 10.2 Å². The quantitative estimate of drug-likeness (QED) is 0.743. The van der Waals surface area contributed by atoms with E-state index in [0.29, 0.717) is 31.5 Å². The smallest absolute Gasteiger partial charge is 0.282 e. The van der Waals surface area contributed by atoms with Crippen LogP contribution in [-0.4, -0.2) is 56.3 Å². The molecule has 0 saturated carbocycles. The van der Waals surface area contributed by atoms with E-state index < -0.39 is 10.2 Å². The van der Waals surface area contributed by atoms with Crippen LogP contribution in [-0.2, 0) is 10.2 Å². The predicted molar refractivity (Wildman–Crippen MR) is 88.4 cm³/mol. The monoisotopic (exact) mass is 319 g/mol. The summed E-state index contributed by atoms with van der Waals surface area (Å²) in [5.41, 5.74) is 0. The fourth-order valence-electron chi connectivity index (χ4n) is 2.94. The Morgan fingerprint density at radius 2 is 1.71 bits per heavy atom. The minimum atomic E-state index is -3.36. The van der Waals surface area contributed by atoms with E-state index in [2.05, 4.69) is 33.0 Å².